The summed E-state index contributed by atoms with van der Waals surface area (Å²) in [6, 6.07) is -0.836. The van der Waals surface area contributed by atoms with Gasteiger partial charge in [0.05, 0.1) is 32.0 Å². The zero-order chi connectivity index (χ0) is 48.2. The summed E-state index contributed by atoms with van der Waals surface area (Å²) in [5.74, 6) is -0.224. The lowest BCUT2D eigenvalue weighted by atomic mass is 9.97. The molecule has 386 valence electrons. The van der Waals surface area contributed by atoms with E-state index in [4.69, 9.17) is 18.9 Å². The minimum atomic E-state index is -1.78. The molecule has 2 heterocycles. The van der Waals surface area contributed by atoms with E-state index in [0.29, 0.717) is 12.8 Å². The van der Waals surface area contributed by atoms with Crippen LogP contribution in [0.25, 0.3) is 0 Å². The van der Waals surface area contributed by atoms with E-state index in [2.05, 4.69) is 55.6 Å². The van der Waals surface area contributed by atoms with Crippen molar-refractivity contribution in [3.63, 3.8) is 0 Å². The summed E-state index contributed by atoms with van der Waals surface area (Å²) in [4.78, 5) is 13.2. The summed E-state index contributed by atoms with van der Waals surface area (Å²) >= 11 is 0. The maximum atomic E-state index is 13.2. The molecule has 0 saturated carbocycles. The van der Waals surface area contributed by atoms with Crippen LogP contribution in [0.15, 0.2) is 36.5 Å². The Morgan fingerprint density at radius 3 is 1.61 bits per heavy atom. The van der Waals surface area contributed by atoms with Crippen LogP contribution in [0.1, 0.15) is 194 Å². The molecule has 2 aliphatic rings. The zero-order valence-corrected chi connectivity index (χ0v) is 40.9. The van der Waals surface area contributed by atoms with Crippen molar-refractivity contribution in [3.8, 4) is 0 Å². The van der Waals surface area contributed by atoms with Gasteiger partial charge < -0.3 is 65.1 Å². The van der Waals surface area contributed by atoms with Gasteiger partial charge in [0.1, 0.15) is 48.8 Å². The maximum absolute atomic E-state index is 13.2. The molecule has 0 aromatic heterocycles. The van der Waals surface area contributed by atoms with Crippen LogP contribution >= 0.6 is 0 Å². The third kappa shape index (κ3) is 25.7. The van der Waals surface area contributed by atoms with Gasteiger partial charge in [-0.1, -0.05) is 179 Å². The van der Waals surface area contributed by atoms with Gasteiger partial charge in [0.15, 0.2) is 12.6 Å². The standard InChI is InChI=1S/C52H95NO13/c1-3-5-7-9-11-13-15-17-19-20-22-23-25-27-29-31-33-35-41(56)40(53-44(57)36-34-32-30-28-26-24-21-18-16-14-12-10-8-6-4-2)39-63-51-49(62)47(60)50(43(38-55)65-51)66-52-48(61)46(59)45(58)42(37-54)64-52/h6,8,12,14,18,21,40-43,45-52,54-56,58-62H,3-5,7,9-11,13,15-17,19-20,22-39H2,1-2H3,(H,53,57)/b8-6-,14-12-,21-18-. The zero-order valence-electron chi connectivity index (χ0n) is 40.9. The predicted molar refractivity (Wildman–Crippen MR) is 258 cm³/mol. The Morgan fingerprint density at radius 2 is 1.05 bits per heavy atom. The molecule has 0 aromatic carbocycles. The fourth-order valence-corrected chi connectivity index (χ4v) is 8.60. The number of hydrogen-bond donors (Lipinski definition) is 9. The molecule has 2 fully saturated rings. The van der Waals surface area contributed by atoms with E-state index in [-0.39, 0.29) is 18.9 Å². The topological polar surface area (TPSA) is 228 Å². The van der Waals surface area contributed by atoms with Crippen molar-refractivity contribution in [1.82, 2.24) is 5.32 Å². The van der Waals surface area contributed by atoms with Crippen molar-refractivity contribution in [1.29, 1.82) is 0 Å². The number of ether oxygens (including phenoxy) is 4. The second-order valence-corrected chi connectivity index (χ2v) is 18.6. The normalized spacial score (nSPS) is 27.1. The van der Waals surface area contributed by atoms with Gasteiger partial charge >= 0.3 is 0 Å². The molecule has 66 heavy (non-hydrogen) atoms. The molecule has 0 aromatic rings. The Hall–Kier alpha value is -1.79. The number of unbranched alkanes of at least 4 members (excludes halogenated alkanes) is 21. The average molecular weight is 942 g/mol. The van der Waals surface area contributed by atoms with Crippen molar-refractivity contribution in [2.75, 3.05) is 19.8 Å². The van der Waals surface area contributed by atoms with Crippen molar-refractivity contribution < 1.29 is 64.6 Å². The van der Waals surface area contributed by atoms with Gasteiger partial charge in [0.2, 0.25) is 5.91 Å². The van der Waals surface area contributed by atoms with E-state index in [9.17, 15) is 45.6 Å². The van der Waals surface area contributed by atoms with Crippen molar-refractivity contribution in [2.45, 2.75) is 267 Å². The van der Waals surface area contributed by atoms with Gasteiger partial charge in [-0.2, -0.15) is 0 Å². The average Bonchev–Trinajstić information content (AvgIpc) is 3.31. The fraction of sp³-hybridized carbons (Fsp3) is 0.865. The van der Waals surface area contributed by atoms with E-state index in [1.807, 2.05) is 0 Å². The van der Waals surface area contributed by atoms with Crippen molar-refractivity contribution in [2.24, 2.45) is 0 Å². The van der Waals surface area contributed by atoms with Gasteiger partial charge in [0, 0.05) is 6.42 Å². The summed E-state index contributed by atoms with van der Waals surface area (Å²) in [6.45, 7) is 2.73. The largest absolute Gasteiger partial charge is 0.394 e. The molecule has 2 rings (SSSR count). The highest BCUT2D eigenvalue weighted by molar-refractivity contribution is 5.76. The van der Waals surface area contributed by atoms with E-state index in [1.165, 1.54) is 83.5 Å². The molecule has 12 unspecified atom stereocenters. The highest BCUT2D eigenvalue weighted by atomic mass is 16.7. The molecular weight excluding hydrogens is 847 g/mol. The lowest BCUT2D eigenvalue weighted by Gasteiger charge is -2.46. The Balaban J connectivity index is 1.83. The summed E-state index contributed by atoms with van der Waals surface area (Å²) in [7, 11) is 0. The molecule has 12 atom stereocenters. The number of allylic oxidation sites excluding steroid dienone is 6. The molecule has 14 nitrogen and oxygen atoms in total. The molecule has 14 heteroatoms. The molecule has 2 aliphatic heterocycles. The maximum Gasteiger partial charge on any atom is 0.220 e. The van der Waals surface area contributed by atoms with E-state index in [0.717, 1.165) is 77.0 Å². The third-order valence-corrected chi connectivity index (χ3v) is 12.9. The molecule has 0 radical (unpaired) electrons. The minimum absolute atomic E-state index is 0.224. The van der Waals surface area contributed by atoms with Crippen LogP contribution in [0.3, 0.4) is 0 Å². The second-order valence-electron chi connectivity index (χ2n) is 18.6. The Morgan fingerprint density at radius 1 is 0.561 bits per heavy atom. The van der Waals surface area contributed by atoms with Crippen LogP contribution in [0.5, 0.6) is 0 Å². The van der Waals surface area contributed by atoms with Crippen LogP contribution in [0.2, 0.25) is 0 Å². The molecule has 2 saturated heterocycles. The predicted octanol–water partition coefficient (Wildman–Crippen LogP) is 7.10. The van der Waals surface area contributed by atoms with E-state index >= 15 is 0 Å². The first-order valence-corrected chi connectivity index (χ1v) is 26.2. The number of rotatable bonds is 40. The lowest BCUT2D eigenvalue weighted by Crippen LogP contribution is -2.65. The monoisotopic (exact) mass is 942 g/mol. The quantitative estimate of drug-likeness (QED) is 0.0221. The first-order chi connectivity index (χ1) is 32.1. The number of carbonyl (C=O) groups excluding carboxylic acids is 1. The fourth-order valence-electron chi connectivity index (χ4n) is 8.60. The van der Waals surface area contributed by atoms with Crippen LogP contribution in [0, 0.1) is 0 Å². The highest BCUT2D eigenvalue weighted by Crippen LogP contribution is 2.30. The van der Waals surface area contributed by atoms with Gasteiger partial charge in [0.25, 0.3) is 0 Å². The van der Waals surface area contributed by atoms with Crippen LogP contribution in [-0.2, 0) is 23.7 Å². The molecule has 9 N–H and O–H groups in total. The summed E-state index contributed by atoms with van der Waals surface area (Å²) in [5.41, 5.74) is 0. The Labute approximate surface area is 398 Å². The van der Waals surface area contributed by atoms with Crippen LogP contribution in [0.4, 0.5) is 0 Å². The number of hydrogen-bond acceptors (Lipinski definition) is 13. The minimum Gasteiger partial charge on any atom is -0.394 e. The second kappa shape index (κ2) is 39.0. The summed E-state index contributed by atoms with van der Waals surface area (Å²) < 4.78 is 22.8. The van der Waals surface area contributed by atoms with E-state index in [1.54, 1.807) is 0 Å². The molecule has 1 amide bonds. The SMILES string of the molecule is CC/C=C\C/C=C\C/C=C\CCCCCCCC(=O)NC(COC1OC(CO)C(OC2OC(CO)C(O)C(O)C2O)C(O)C1O)C(O)CCCCCCCCCCCCCCCCCCC. The van der Waals surface area contributed by atoms with Gasteiger partial charge in [-0.3, -0.25) is 4.79 Å². The van der Waals surface area contributed by atoms with Gasteiger partial charge in [-0.25, -0.2) is 0 Å². The van der Waals surface area contributed by atoms with Crippen molar-refractivity contribution >= 4 is 5.91 Å². The van der Waals surface area contributed by atoms with Crippen LogP contribution in [-0.4, -0.2) is 140 Å². The smallest absolute Gasteiger partial charge is 0.220 e. The third-order valence-electron chi connectivity index (χ3n) is 12.9. The van der Waals surface area contributed by atoms with E-state index < -0.39 is 86.8 Å². The number of aliphatic hydroxyl groups is 8. The van der Waals surface area contributed by atoms with Crippen LogP contribution < -0.4 is 5.32 Å². The summed E-state index contributed by atoms with van der Waals surface area (Å²) in [5, 5.41) is 87.0. The lowest BCUT2D eigenvalue weighted by molar-refractivity contribution is -0.359. The number of carbonyl (C=O) groups is 1. The first-order valence-electron chi connectivity index (χ1n) is 26.2. The van der Waals surface area contributed by atoms with Gasteiger partial charge in [-0.05, 0) is 44.9 Å². The molecule has 0 spiro atoms. The number of aliphatic hydroxyl groups excluding tert-OH is 8. The molecule has 0 bridgehead atoms. The number of amides is 1. The molecule has 0 aliphatic carbocycles. The van der Waals surface area contributed by atoms with Gasteiger partial charge in [-0.15, -0.1) is 0 Å². The Bertz CT molecular complexity index is 1250. The number of nitrogens with one attached hydrogen (secondary N) is 1. The molecular formula is C52H95NO13. The summed E-state index contributed by atoms with van der Waals surface area (Å²) in [6.07, 6.45) is 27.1. The first kappa shape index (κ1) is 60.3. The van der Waals surface area contributed by atoms with Crippen molar-refractivity contribution in [3.05, 3.63) is 36.5 Å². The Kier molecular flexibility index (Phi) is 35.6. The highest BCUT2D eigenvalue weighted by Gasteiger charge is 2.51.